The first kappa shape index (κ1) is 33.3. The second kappa shape index (κ2) is 12.4. The van der Waals surface area contributed by atoms with Gasteiger partial charge in [0.05, 0.1) is 17.2 Å². The molecular weight excluding hydrogens is 624 g/mol. The monoisotopic (exact) mass is 657 g/mol. The third-order valence-corrected chi connectivity index (χ3v) is 11.6. The van der Waals surface area contributed by atoms with Crippen LogP contribution in [0.15, 0.2) is 88.7 Å². The van der Waals surface area contributed by atoms with Crippen molar-refractivity contribution in [1.82, 2.24) is 8.61 Å². The van der Waals surface area contributed by atoms with Gasteiger partial charge in [0.15, 0.2) is 5.60 Å². The molecule has 43 heavy (non-hydrogen) atoms. The molecule has 3 aromatic rings. The zero-order valence-corrected chi connectivity index (χ0v) is 26.3. The van der Waals surface area contributed by atoms with Gasteiger partial charge in [0.25, 0.3) is 0 Å². The minimum Gasteiger partial charge on any atom is -0.376 e. The molecule has 14 heteroatoms. The van der Waals surface area contributed by atoms with Gasteiger partial charge in [-0.1, -0.05) is 54.6 Å². The second-order valence-corrected chi connectivity index (χ2v) is 15.0. The van der Waals surface area contributed by atoms with Gasteiger partial charge >= 0.3 is 6.18 Å². The van der Waals surface area contributed by atoms with E-state index >= 15 is 0 Å². The number of hydrogen-bond donors (Lipinski definition) is 2. The van der Waals surface area contributed by atoms with Crippen LogP contribution in [0.3, 0.4) is 0 Å². The molecule has 0 aromatic heterocycles. The Balaban J connectivity index is 1.73. The fraction of sp³-hybridized carbons (Fsp3) is 0.379. The zero-order valence-electron chi connectivity index (χ0n) is 23.8. The smallest absolute Gasteiger partial charge is 0.376 e. The van der Waals surface area contributed by atoms with Gasteiger partial charge in [-0.3, -0.25) is 0 Å². The van der Waals surface area contributed by atoms with Gasteiger partial charge in [-0.25, -0.2) is 16.8 Å². The predicted molar refractivity (Wildman–Crippen MR) is 162 cm³/mol. The number of anilines is 1. The van der Waals surface area contributed by atoms with Gasteiger partial charge in [-0.15, -0.1) is 12.6 Å². The molecule has 0 amide bonds. The minimum absolute atomic E-state index is 0.0156. The number of halogens is 3. The van der Waals surface area contributed by atoms with Crippen LogP contribution < -0.4 is 4.90 Å². The lowest BCUT2D eigenvalue weighted by Crippen LogP contribution is -2.59. The summed E-state index contributed by atoms with van der Waals surface area (Å²) in [5.74, 6) is 0. The molecule has 1 N–H and O–H groups in total. The largest absolute Gasteiger partial charge is 0.421 e. The van der Waals surface area contributed by atoms with Crippen molar-refractivity contribution in [3.05, 3.63) is 90.0 Å². The van der Waals surface area contributed by atoms with Crippen molar-refractivity contribution in [3.8, 4) is 0 Å². The molecule has 0 saturated carbocycles. The van der Waals surface area contributed by atoms with E-state index in [2.05, 4.69) is 12.6 Å². The molecule has 1 aliphatic rings. The van der Waals surface area contributed by atoms with E-state index in [1.54, 1.807) is 54.3 Å². The minimum atomic E-state index is -4.90. The quantitative estimate of drug-likeness (QED) is 0.326. The Bertz CT molecular complexity index is 1640. The summed E-state index contributed by atoms with van der Waals surface area (Å²) in [5.41, 5.74) is -2.24. The summed E-state index contributed by atoms with van der Waals surface area (Å²) in [6.45, 7) is 2.37. The van der Waals surface area contributed by atoms with E-state index in [0.29, 0.717) is 12.6 Å². The number of hydrogen-bond acceptors (Lipinski definition) is 7. The summed E-state index contributed by atoms with van der Waals surface area (Å²) < 4.78 is 96.4. The molecule has 234 valence electrons. The van der Waals surface area contributed by atoms with Gasteiger partial charge in [-0.05, 0) is 49.2 Å². The topological polar surface area (TPSA) is 98.2 Å². The first-order valence-corrected chi connectivity index (χ1v) is 17.1. The zero-order chi connectivity index (χ0) is 31.8. The molecule has 0 unspecified atom stereocenters. The second-order valence-electron chi connectivity index (χ2n) is 10.7. The molecule has 8 nitrogen and oxygen atoms in total. The summed E-state index contributed by atoms with van der Waals surface area (Å²) in [6.07, 6.45) is -3.82. The van der Waals surface area contributed by atoms with E-state index in [1.165, 1.54) is 38.9 Å². The van der Waals surface area contributed by atoms with E-state index in [9.17, 15) is 35.1 Å². The number of alkyl halides is 3. The number of aliphatic hydroxyl groups is 1. The van der Waals surface area contributed by atoms with Crippen molar-refractivity contribution in [3.63, 3.8) is 0 Å². The average molecular weight is 658 g/mol. The highest BCUT2D eigenvalue weighted by Gasteiger charge is 2.51. The Morgan fingerprint density at radius 2 is 1.53 bits per heavy atom. The highest BCUT2D eigenvalue weighted by molar-refractivity contribution is 7.90. The van der Waals surface area contributed by atoms with Crippen LogP contribution in [0.25, 0.3) is 0 Å². The van der Waals surface area contributed by atoms with Crippen molar-refractivity contribution < 1.29 is 35.1 Å². The first-order chi connectivity index (χ1) is 19.9. The maximum atomic E-state index is 13.7. The van der Waals surface area contributed by atoms with E-state index in [4.69, 9.17) is 0 Å². The molecule has 0 spiro atoms. The molecule has 3 atom stereocenters. The van der Waals surface area contributed by atoms with Crippen LogP contribution in [0.1, 0.15) is 31.0 Å². The molecule has 0 aliphatic carbocycles. The standard InChI is InChI=1S/C29H34F3N3O5S3/c1-21(22-9-5-4-6-10-22)35(42(3,37)38)20-25-19-33(43(39,40)27-12-8-7-11-26(27)41)17-18-34(25)24-15-13-23(14-16-24)28(2,36)29(30,31)32/h4-16,21,25,36,41H,17-20H2,1-3H3/t21-,25+,28-/m0/s1. The molecule has 3 aromatic carbocycles. The number of rotatable bonds is 9. The highest BCUT2D eigenvalue weighted by Crippen LogP contribution is 2.39. The summed E-state index contributed by atoms with van der Waals surface area (Å²) >= 11 is 4.32. The molecule has 4 rings (SSSR count). The molecule has 0 bridgehead atoms. The van der Waals surface area contributed by atoms with Crippen LogP contribution in [-0.2, 0) is 25.6 Å². The maximum absolute atomic E-state index is 13.7. The van der Waals surface area contributed by atoms with Gasteiger partial charge in [0, 0.05) is 42.8 Å². The van der Waals surface area contributed by atoms with Crippen LogP contribution >= 0.6 is 12.6 Å². The number of nitrogens with zero attached hydrogens (tertiary/aromatic N) is 3. The lowest BCUT2D eigenvalue weighted by Gasteiger charge is -2.44. The van der Waals surface area contributed by atoms with Crippen LogP contribution in [0, 0.1) is 0 Å². The maximum Gasteiger partial charge on any atom is 0.421 e. The predicted octanol–water partition coefficient (Wildman–Crippen LogP) is 4.65. The summed E-state index contributed by atoms with van der Waals surface area (Å²) in [7, 11) is -7.82. The number of piperazine rings is 1. The van der Waals surface area contributed by atoms with E-state index < -0.39 is 43.9 Å². The van der Waals surface area contributed by atoms with Crippen LogP contribution in [0.5, 0.6) is 0 Å². The van der Waals surface area contributed by atoms with Crippen LogP contribution in [0.2, 0.25) is 0 Å². The Hall–Kier alpha value is -2.62. The lowest BCUT2D eigenvalue weighted by atomic mass is 9.95. The normalized spacial score (nSPS) is 19.3. The summed E-state index contributed by atoms with van der Waals surface area (Å²) in [6, 6.07) is 19.1. The Morgan fingerprint density at radius 1 is 0.953 bits per heavy atom. The van der Waals surface area contributed by atoms with Gasteiger partial charge < -0.3 is 10.0 Å². The molecular formula is C29H34F3N3O5S3. The third-order valence-electron chi connectivity index (χ3n) is 7.77. The van der Waals surface area contributed by atoms with Crippen molar-refractivity contribution in [2.24, 2.45) is 0 Å². The summed E-state index contributed by atoms with van der Waals surface area (Å²) in [4.78, 5) is 2.08. The SMILES string of the molecule is C[C@@H](c1ccccc1)N(C[C@H]1CN(S(=O)(=O)c2ccccc2S)CCN1c1ccc([C@](C)(O)C(F)(F)F)cc1)S(C)(=O)=O. The van der Waals surface area contributed by atoms with Crippen molar-refractivity contribution >= 4 is 38.4 Å². The van der Waals surface area contributed by atoms with E-state index in [0.717, 1.165) is 11.8 Å². The third kappa shape index (κ3) is 7.04. The Morgan fingerprint density at radius 3 is 2.09 bits per heavy atom. The van der Waals surface area contributed by atoms with E-state index in [1.807, 2.05) is 6.07 Å². The van der Waals surface area contributed by atoms with E-state index in [-0.39, 0.29) is 41.5 Å². The van der Waals surface area contributed by atoms with Crippen LogP contribution in [0.4, 0.5) is 18.9 Å². The van der Waals surface area contributed by atoms with Gasteiger partial charge in [0.1, 0.15) is 0 Å². The Kier molecular flexibility index (Phi) is 9.60. The number of thiol groups is 1. The fourth-order valence-corrected chi connectivity index (χ4v) is 8.38. The molecule has 0 radical (unpaired) electrons. The number of sulfonamides is 2. The van der Waals surface area contributed by atoms with Gasteiger partial charge in [-0.2, -0.15) is 21.8 Å². The highest BCUT2D eigenvalue weighted by atomic mass is 32.2. The summed E-state index contributed by atoms with van der Waals surface area (Å²) in [5, 5.41) is 10.1. The molecule has 1 fully saturated rings. The number of benzene rings is 3. The Labute approximate surface area is 256 Å². The molecule has 1 heterocycles. The van der Waals surface area contributed by atoms with Crippen LogP contribution in [-0.4, -0.2) is 75.2 Å². The molecule has 1 aliphatic heterocycles. The van der Waals surface area contributed by atoms with Crippen molar-refractivity contribution in [1.29, 1.82) is 0 Å². The van der Waals surface area contributed by atoms with Crippen molar-refractivity contribution in [2.75, 3.05) is 37.3 Å². The first-order valence-electron chi connectivity index (χ1n) is 13.4. The fourth-order valence-electron chi connectivity index (χ4n) is 5.18. The molecule has 1 saturated heterocycles. The van der Waals surface area contributed by atoms with Crippen molar-refractivity contribution in [2.45, 2.75) is 47.5 Å². The average Bonchev–Trinajstić information content (AvgIpc) is 2.95. The van der Waals surface area contributed by atoms with Gasteiger partial charge in [0.2, 0.25) is 20.0 Å². The lowest BCUT2D eigenvalue weighted by molar-refractivity contribution is -0.258.